The Kier molecular flexibility index (Phi) is 2.25. The third-order valence-corrected chi connectivity index (χ3v) is 2.02. The molecule has 0 amide bonds. The van der Waals surface area contributed by atoms with Crippen molar-refractivity contribution in [2.45, 2.75) is 6.92 Å². The minimum Gasteiger partial charge on any atom is -0.407 e. The third kappa shape index (κ3) is 1.88. The highest BCUT2D eigenvalue weighted by Gasteiger charge is 2.19. The van der Waals surface area contributed by atoms with Crippen molar-refractivity contribution >= 4 is 23.6 Å². The lowest BCUT2D eigenvalue weighted by Crippen LogP contribution is -2.00. The zero-order chi connectivity index (χ0) is 10.8. The number of para-hydroxylation sites is 1. The molecular weight excluding hydrogens is 192 g/mol. The first kappa shape index (κ1) is 9.45. The molecule has 0 aromatic heterocycles. The molecule has 0 spiro atoms. The van der Waals surface area contributed by atoms with Crippen molar-refractivity contribution in [1.82, 2.24) is 0 Å². The molecule has 0 aliphatic carbocycles. The number of rotatable bonds is 1. The van der Waals surface area contributed by atoms with Crippen LogP contribution in [0.2, 0.25) is 0 Å². The Hall–Kier alpha value is -2.10. The van der Waals surface area contributed by atoms with E-state index in [1.54, 1.807) is 19.1 Å². The van der Waals surface area contributed by atoms with Crippen molar-refractivity contribution in [3.8, 4) is 0 Å². The predicted octanol–water partition coefficient (Wildman–Crippen LogP) is 1.58. The summed E-state index contributed by atoms with van der Waals surface area (Å²) in [5.41, 5.74) is 7.39. The summed E-state index contributed by atoms with van der Waals surface area (Å²) >= 11 is 0. The van der Waals surface area contributed by atoms with Crippen molar-refractivity contribution in [2.24, 2.45) is 4.99 Å². The quantitative estimate of drug-likeness (QED) is 0.427. The van der Waals surface area contributed by atoms with E-state index >= 15 is 0 Å². The van der Waals surface area contributed by atoms with Gasteiger partial charge >= 0.3 is 5.97 Å². The minimum atomic E-state index is -0.434. The van der Waals surface area contributed by atoms with E-state index < -0.39 is 5.97 Å². The number of hydrogen-bond donors (Lipinski definition) is 1. The lowest BCUT2D eigenvalue weighted by atomic mass is 10.1. The summed E-state index contributed by atoms with van der Waals surface area (Å²) in [7, 11) is 0. The van der Waals surface area contributed by atoms with Crippen LogP contribution < -0.4 is 5.73 Å². The number of ether oxygens (including phenoxy) is 1. The van der Waals surface area contributed by atoms with Gasteiger partial charge in [0.25, 0.3) is 0 Å². The number of cyclic esters (lactones) is 1. The van der Waals surface area contributed by atoms with Crippen LogP contribution in [0, 0.1) is 0 Å². The molecule has 0 unspecified atom stereocenters. The van der Waals surface area contributed by atoms with E-state index in [1.807, 2.05) is 18.2 Å². The number of esters is 1. The van der Waals surface area contributed by atoms with Crippen LogP contribution in [0.3, 0.4) is 0 Å². The van der Waals surface area contributed by atoms with Crippen LogP contribution in [-0.2, 0) is 9.53 Å². The summed E-state index contributed by atoms with van der Waals surface area (Å²) in [6.07, 6.45) is 1.62. The standard InChI is InChI=1S/C11H10N2O2/c1-7-13-10(11(14)15-7)6-8-4-2-3-5-9(8)12/h2-6H,12H2,1H3. The van der Waals surface area contributed by atoms with E-state index in [0.29, 0.717) is 11.6 Å². The van der Waals surface area contributed by atoms with Gasteiger partial charge in [0.2, 0.25) is 0 Å². The van der Waals surface area contributed by atoms with Gasteiger partial charge in [-0.2, -0.15) is 0 Å². The van der Waals surface area contributed by atoms with E-state index in [4.69, 9.17) is 10.5 Å². The summed E-state index contributed by atoms with van der Waals surface area (Å²) in [5, 5.41) is 0. The molecule has 0 bridgehead atoms. The Bertz CT molecular complexity index is 475. The van der Waals surface area contributed by atoms with Crippen molar-refractivity contribution < 1.29 is 9.53 Å². The molecule has 15 heavy (non-hydrogen) atoms. The highest BCUT2D eigenvalue weighted by atomic mass is 16.6. The monoisotopic (exact) mass is 202 g/mol. The maximum absolute atomic E-state index is 11.3. The Morgan fingerprint density at radius 2 is 2.13 bits per heavy atom. The first-order valence-corrected chi connectivity index (χ1v) is 4.50. The molecule has 2 N–H and O–H groups in total. The van der Waals surface area contributed by atoms with E-state index in [-0.39, 0.29) is 5.70 Å². The van der Waals surface area contributed by atoms with E-state index in [9.17, 15) is 4.79 Å². The smallest absolute Gasteiger partial charge is 0.363 e. The van der Waals surface area contributed by atoms with Crippen LogP contribution in [0.1, 0.15) is 12.5 Å². The second-order valence-corrected chi connectivity index (χ2v) is 3.18. The van der Waals surface area contributed by atoms with Gasteiger partial charge in [-0.05, 0) is 17.7 Å². The molecule has 76 valence electrons. The molecular formula is C11H10N2O2. The molecule has 4 nitrogen and oxygen atoms in total. The number of carbonyl (C=O) groups excluding carboxylic acids is 1. The Balaban J connectivity index is 2.39. The average Bonchev–Trinajstić information content (AvgIpc) is 2.49. The molecule has 1 aromatic carbocycles. The molecule has 0 saturated heterocycles. The van der Waals surface area contributed by atoms with Gasteiger partial charge < -0.3 is 10.5 Å². The lowest BCUT2D eigenvalue weighted by Gasteiger charge is -1.98. The van der Waals surface area contributed by atoms with Gasteiger partial charge in [0.15, 0.2) is 11.6 Å². The van der Waals surface area contributed by atoms with Crippen molar-refractivity contribution in [3.63, 3.8) is 0 Å². The highest BCUT2D eigenvalue weighted by Crippen LogP contribution is 2.18. The van der Waals surface area contributed by atoms with Crippen molar-refractivity contribution in [1.29, 1.82) is 0 Å². The summed E-state index contributed by atoms with van der Waals surface area (Å²) in [4.78, 5) is 15.2. The van der Waals surface area contributed by atoms with Gasteiger partial charge in [0, 0.05) is 12.6 Å². The SMILES string of the molecule is CC1=NC(=Cc2ccccc2N)C(=O)O1. The van der Waals surface area contributed by atoms with Gasteiger partial charge in [-0.3, -0.25) is 0 Å². The topological polar surface area (TPSA) is 64.7 Å². The maximum atomic E-state index is 11.3. The fourth-order valence-electron chi connectivity index (χ4n) is 1.31. The highest BCUT2D eigenvalue weighted by molar-refractivity contribution is 6.06. The first-order chi connectivity index (χ1) is 7.16. The molecule has 2 rings (SSSR count). The van der Waals surface area contributed by atoms with Gasteiger partial charge in [-0.25, -0.2) is 9.79 Å². The maximum Gasteiger partial charge on any atom is 0.363 e. The molecule has 0 atom stereocenters. The number of aliphatic imine (C=N–C) groups is 1. The van der Waals surface area contributed by atoms with Crippen molar-refractivity contribution in [2.75, 3.05) is 5.73 Å². The van der Waals surface area contributed by atoms with Crippen LogP contribution in [0.15, 0.2) is 35.0 Å². The zero-order valence-electron chi connectivity index (χ0n) is 8.23. The van der Waals surface area contributed by atoms with Gasteiger partial charge in [0.1, 0.15) is 0 Å². The average molecular weight is 202 g/mol. The zero-order valence-corrected chi connectivity index (χ0v) is 8.23. The fraction of sp³-hybridized carbons (Fsp3) is 0.0909. The molecule has 1 aromatic rings. The Labute approximate surface area is 87.1 Å². The van der Waals surface area contributed by atoms with E-state index in [0.717, 1.165) is 5.56 Å². The molecule has 0 fully saturated rings. The lowest BCUT2D eigenvalue weighted by molar-refractivity contribution is -0.130. The number of nitrogens with two attached hydrogens (primary N) is 1. The van der Waals surface area contributed by atoms with Crippen LogP contribution in [0.25, 0.3) is 6.08 Å². The van der Waals surface area contributed by atoms with E-state index in [1.165, 1.54) is 0 Å². The summed E-state index contributed by atoms with van der Waals surface area (Å²) < 4.78 is 4.79. The van der Waals surface area contributed by atoms with Crippen molar-refractivity contribution in [3.05, 3.63) is 35.5 Å². The molecule has 4 heteroatoms. The molecule has 0 radical (unpaired) electrons. The van der Waals surface area contributed by atoms with Gasteiger partial charge in [-0.15, -0.1) is 0 Å². The largest absolute Gasteiger partial charge is 0.407 e. The first-order valence-electron chi connectivity index (χ1n) is 4.50. The fourth-order valence-corrected chi connectivity index (χ4v) is 1.31. The normalized spacial score (nSPS) is 17.8. The Morgan fingerprint density at radius 1 is 1.40 bits per heavy atom. The number of nitrogens with zero attached hydrogens (tertiary/aromatic N) is 1. The molecule has 1 aliphatic rings. The van der Waals surface area contributed by atoms with Gasteiger partial charge in [-0.1, -0.05) is 18.2 Å². The van der Waals surface area contributed by atoms with Crippen LogP contribution >= 0.6 is 0 Å². The molecule has 0 saturated carbocycles. The molecule has 1 heterocycles. The second kappa shape index (κ2) is 3.57. The van der Waals surface area contributed by atoms with Crippen LogP contribution in [-0.4, -0.2) is 11.9 Å². The van der Waals surface area contributed by atoms with Crippen LogP contribution in [0.5, 0.6) is 0 Å². The number of hydrogen-bond acceptors (Lipinski definition) is 4. The predicted molar refractivity (Wildman–Crippen MR) is 58.0 cm³/mol. The number of benzene rings is 1. The third-order valence-electron chi connectivity index (χ3n) is 2.02. The summed E-state index contributed by atoms with van der Waals surface area (Å²) in [6, 6.07) is 7.26. The Morgan fingerprint density at radius 3 is 2.73 bits per heavy atom. The van der Waals surface area contributed by atoms with E-state index in [2.05, 4.69) is 4.99 Å². The van der Waals surface area contributed by atoms with Gasteiger partial charge in [0.05, 0.1) is 0 Å². The minimum absolute atomic E-state index is 0.283. The number of anilines is 1. The van der Waals surface area contributed by atoms with Crippen LogP contribution in [0.4, 0.5) is 5.69 Å². The molecule has 1 aliphatic heterocycles. The number of nitrogen functional groups attached to an aromatic ring is 1. The number of carbonyl (C=O) groups is 1. The summed E-state index contributed by atoms with van der Waals surface area (Å²) in [6.45, 7) is 1.63. The summed E-state index contributed by atoms with van der Waals surface area (Å²) in [5.74, 6) is -0.0727. The second-order valence-electron chi connectivity index (χ2n) is 3.18.